The van der Waals surface area contributed by atoms with E-state index in [2.05, 4.69) is 34.8 Å². The Labute approximate surface area is 136 Å². The Morgan fingerprint density at radius 1 is 1.30 bits per heavy atom. The monoisotopic (exact) mass is 312 g/mol. The van der Waals surface area contributed by atoms with Gasteiger partial charge in [0, 0.05) is 43.0 Å². The first-order chi connectivity index (χ1) is 11.1. The van der Waals surface area contributed by atoms with Crippen LogP contribution in [-0.2, 0) is 25.9 Å². The summed E-state index contributed by atoms with van der Waals surface area (Å²) in [6.07, 6.45) is 4.27. The number of H-pyrrole nitrogens is 2. The van der Waals surface area contributed by atoms with E-state index in [0.717, 1.165) is 55.5 Å². The van der Waals surface area contributed by atoms with Crippen molar-refractivity contribution in [3.05, 3.63) is 50.5 Å². The van der Waals surface area contributed by atoms with E-state index in [1.807, 2.05) is 0 Å². The van der Waals surface area contributed by atoms with Crippen molar-refractivity contribution < 1.29 is 0 Å². The first-order valence-electron chi connectivity index (χ1n) is 8.57. The van der Waals surface area contributed by atoms with E-state index >= 15 is 0 Å². The minimum absolute atomic E-state index is 0.0807. The molecule has 0 atom stereocenters. The van der Waals surface area contributed by atoms with E-state index in [-0.39, 0.29) is 5.56 Å². The fraction of sp³-hybridized carbons (Fsp3) is 0.556. The molecule has 0 bridgehead atoms. The summed E-state index contributed by atoms with van der Waals surface area (Å²) in [5, 5.41) is 0. The number of aromatic nitrogens is 3. The largest absolute Gasteiger partial charge is 0.361 e. The van der Waals surface area contributed by atoms with Crippen LogP contribution < -0.4 is 5.56 Å². The highest BCUT2D eigenvalue weighted by atomic mass is 16.1. The molecule has 1 saturated carbocycles. The first kappa shape index (κ1) is 14.7. The Balaban J connectivity index is 1.54. The number of nitrogens with zero attached hydrogens (tertiary/aromatic N) is 2. The van der Waals surface area contributed by atoms with Gasteiger partial charge >= 0.3 is 0 Å². The molecular formula is C18H24N4O. The molecule has 2 N–H and O–H groups in total. The second kappa shape index (κ2) is 5.64. The van der Waals surface area contributed by atoms with E-state index in [9.17, 15) is 4.79 Å². The van der Waals surface area contributed by atoms with Gasteiger partial charge in [-0.3, -0.25) is 9.69 Å². The van der Waals surface area contributed by atoms with Gasteiger partial charge in [0.25, 0.3) is 5.56 Å². The summed E-state index contributed by atoms with van der Waals surface area (Å²) < 4.78 is 0. The molecule has 5 nitrogen and oxygen atoms in total. The van der Waals surface area contributed by atoms with E-state index in [4.69, 9.17) is 4.98 Å². The number of fused-ring (bicyclic) bond motifs is 1. The number of hydrogen-bond donors (Lipinski definition) is 2. The molecule has 0 radical (unpaired) electrons. The van der Waals surface area contributed by atoms with Gasteiger partial charge in [0.15, 0.2) is 0 Å². The average Bonchev–Trinajstić information content (AvgIpc) is 3.24. The highest BCUT2D eigenvalue weighted by Gasteiger charge is 2.25. The molecular weight excluding hydrogens is 288 g/mol. The van der Waals surface area contributed by atoms with Gasteiger partial charge in [-0.05, 0) is 50.7 Å². The maximum atomic E-state index is 12.3. The standard InChI is InChI=1S/C18H24N4O/c1-11-7-12(2)19-15(11)9-22-6-5-14-16(10-22)20-17(21-18(14)23)8-13-3-4-13/h7,13,19H,3-6,8-10H2,1-2H3,(H,20,21,23). The van der Waals surface area contributed by atoms with Crippen LogP contribution in [0.3, 0.4) is 0 Å². The summed E-state index contributed by atoms with van der Waals surface area (Å²) in [5.74, 6) is 1.62. The van der Waals surface area contributed by atoms with Crippen LogP contribution in [0.1, 0.15) is 46.9 Å². The second-order valence-corrected chi connectivity index (χ2v) is 7.16. The third kappa shape index (κ3) is 3.11. The van der Waals surface area contributed by atoms with Crippen LogP contribution in [0.5, 0.6) is 0 Å². The van der Waals surface area contributed by atoms with Crippen LogP contribution >= 0.6 is 0 Å². The highest BCUT2D eigenvalue weighted by molar-refractivity contribution is 5.25. The Kier molecular flexibility index (Phi) is 3.60. The molecule has 1 aliphatic carbocycles. The minimum atomic E-state index is 0.0807. The smallest absolute Gasteiger partial charge is 0.254 e. The topological polar surface area (TPSA) is 64.8 Å². The lowest BCUT2D eigenvalue weighted by atomic mass is 10.1. The van der Waals surface area contributed by atoms with Crippen molar-refractivity contribution in [3.8, 4) is 0 Å². The molecule has 0 saturated heterocycles. The lowest BCUT2D eigenvalue weighted by Gasteiger charge is -2.27. The van der Waals surface area contributed by atoms with Gasteiger partial charge in [-0.1, -0.05) is 0 Å². The van der Waals surface area contributed by atoms with Gasteiger partial charge < -0.3 is 9.97 Å². The lowest BCUT2D eigenvalue weighted by Crippen LogP contribution is -2.35. The number of aryl methyl sites for hydroxylation is 2. The molecule has 0 amide bonds. The molecule has 1 aliphatic heterocycles. The predicted molar refractivity (Wildman–Crippen MR) is 89.4 cm³/mol. The van der Waals surface area contributed by atoms with Crippen LogP contribution in [0.2, 0.25) is 0 Å². The molecule has 0 unspecified atom stereocenters. The first-order valence-corrected chi connectivity index (χ1v) is 8.57. The van der Waals surface area contributed by atoms with Gasteiger partial charge in [0.05, 0.1) is 5.69 Å². The van der Waals surface area contributed by atoms with Crippen molar-refractivity contribution in [1.82, 2.24) is 19.9 Å². The zero-order valence-corrected chi connectivity index (χ0v) is 13.9. The molecule has 122 valence electrons. The van der Waals surface area contributed by atoms with Crippen molar-refractivity contribution in [1.29, 1.82) is 0 Å². The zero-order chi connectivity index (χ0) is 16.0. The number of rotatable bonds is 4. The number of aromatic amines is 2. The van der Waals surface area contributed by atoms with E-state index in [1.54, 1.807) is 0 Å². The molecule has 0 aromatic carbocycles. The van der Waals surface area contributed by atoms with Crippen molar-refractivity contribution in [3.63, 3.8) is 0 Å². The zero-order valence-electron chi connectivity index (χ0n) is 13.9. The maximum absolute atomic E-state index is 12.3. The third-order valence-electron chi connectivity index (χ3n) is 5.02. The van der Waals surface area contributed by atoms with Crippen LogP contribution in [0, 0.1) is 19.8 Å². The average molecular weight is 312 g/mol. The van der Waals surface area contributed by atoms with Gasteiger partial charge in [0.1, 0.15) is 5.82 Å². The molecule has 5 heteroatoms. The van der Waals surface area contributed by atoms with E-state index < -0.39 is 0 Å². The summed E-state index contributed by atoms with van der Waals surface area (Å²) in [5.41, 5.74) is 5.74. The van der Waals surface area contributed by atoms with E-state index in [1.165, 1.54) is 29.8 Å². The SMILES string of the molecule is Cc1cc(C)c(CN2CCc3c(nc(CC4CC4)[nH]c3=O)C2)[nH]1. The number of hydrogen-bond acceptors (Lipinski definition) is 3. The Bertz CT molecular complexity index is 785. The summed E-state index contributed by atoms with van der Waals surface area (Å²) in [4.78, 5) is 25.9. The van der Waals surface area contributed by atoms with Crippen molar-refractivity contribution in [2.45, 2.75) is 52.6 Å². The normalized spacial score (nSPS) is 18.2. The summed E-state index contributed by atoms with van der Waals surface area (Å²) in [7, 11) is 0. The summed E-state index contributed by atoms with van der Waals surface area (Å²) >= 11 is 0. The second-order valence-electron chi connectivity index (χ2n) is 7.16. The Hall–Kier alpha value is -1.88. The maximum Gasteiger partial charge on any atom is 0.254 e. The molecule has 4 rings (SSSR count). The highest BCUT2D eigenvalue weighted by Crippen LogP contribution is 2.31. The van der Waals surface area contributed by atoms with Crippen LogP contribution in [0.4, 0.5) is 0 Å². The summed E-state index contributed by atoms with van der Waals surface area (Å²) in [6.45, 7) is 6.82. The minimum Gasteiger partial charge on any atom is -0.361 e. The van der Waals surface area contributed by atoms with E-state index in [0.29, 0.717) is 0 Å². The Morgan fingerprint density at radius 2 is 2.13 bits per heavy atom. The number of nitrogens with one attached hydrogen (secondary N) is 2. The predicted octanol–water partition coefficient (Wildman–Crippen LogP) is 2.23. The molecule has 2 aromatic rings. The van der Waals surface area contributed by atoms with Crippen molar-refractivity contribution in [2.24, 2.45) is 5.92 Å². The molecule has 2 aliphatic rings. The fourth-order valence-electron chi connectivity index (χ4n) is 3.54. The molecule has 0 spiro atoms. The van der Waals surface area contributed by atoms with Crippen LogP contribution in [-0.4, -0.2) is 26.4 Å². The third-order valence-corrected chi connectivity index (χ3v) is 5.02. The van der Waals surface area contributed by atoms with Gasteiger partial charge in [-0.25, -0.2) is 4.98 Å². The fourth-order valence-corrected chi connectivity index (χ4v) is 3.54. The van der Waals surface area contributed by atoms with Crippen LogP contribution in [0.25, 0.3) is 0 Å². The van der Waals surface area contributed by atoms with Gasteiger partial charge in [0.2, 0.25) is 0 Å². The molecule has 1 fully saturated rings. The summed E-state index contributed by atoms with van der Waals surface area (Å²) in [6, 6.07) is 2.18. The van der Waals surface area contributed by atoms with Gasteiger partial charge in [-0.2, -0.15) is 0 Å². The van der Waals surface area contributed by atoms with Crippen LogP contribution in [0.15, 0.2) is 10.9 Å². The van der Waals surface area contributed by atoms with Crippen molar-refractivity contribution in [2.75, 3.05) is 6.54 Å². The molecule has 2 aromatic heterocycles. The Morgan fingerprint density at radius 3 is 2.83 bits per heavy atom. The van der Waals surface area contributed by atoms with Crippen molar-refractivity contribution >= 4 is 0 Å². The quantitative estimate of drug-likeness (QED) is 0.910. The lowest BCUT2D eigenvalue weighted by molar-refractivity contribution is 0.237. The van der Waals surface area contributed by atoms with Gasteiger partial charge in [-0.15, -0.1) is 0 Å². The molecule has 3 heterocycles. The molecule has 23 heavy (non-hydrogen) atoms.